The molecular weight excluding hydrogens is 889 g/mol. The molecular formula is C67H42N6. The molecule has 2 atom stereocenters. The summed E-state index contributed by atoms with van der Waals surface area (Å²) in [5.74, 6) is 0.0455. The van der Waals surface area contributed by atoms with E-state index >= 15 is 0 Å². The van der Waals surface area contributed by atoms with Gasteiger partial charge in [0, 0.05) is 54.7 Å². The van der Waals surface area contributed by atoms with Crippen molar-refractivity contribution in [1.82, 2.24) is 18.3 Å². The standard InChI is InChI=1S/C67H42N6/c68-41-52-63(69-53-31-11-1-21-42(53)43-22-2-12-32-54(43)69)65(71-57-35-15-5-25-46(57)47-26-6-16-36-58(47)71)67(73-61-39-19-9-29-50(61)51-30-10-20-40-62(51)73)66(72-59-37-17-7-27-48(59)49-28-8-18-38-60(49)72)64(52)70-55-33-13-3-23-44(55)45-24-4-14-34-56(45)70/h1-40,42,53H. The van der Waals surface area contributed by atoms with Crippen LogP contribution in [0.4, 0.5) is 11.4 Å². The number of rotatable bonds is 5. The molecule has 0 radical (unpaired) electrons. The molecule has 14 aromatic rings. The Morgan fingerprint density at radius 1 is 0.301 bits per heavy atom. The molecule has 0 bridgehead atoms. The molecule has 5 heterocycles. The molecule has 6 heteroatoms. The lowest BCUT2D eigenvalue weighted by Gasteiger charge is -2.35. The van der Waals surface area contributed by atoms with Gasteiger partial charge >= 0.3 is 0 Å². The molecule has 10 aromatic carbocycles. The van der Waals surface area contributed by atoms with E-state index in [9.17, 15) is 5.26 Å². The minimum absolute atomic E-state index is 0.0455. The Labute approximate surface area is 419 Å². The average Bonchev–Trinajstić information content (AvgIpc) is 4.25. The number of allylic oxidation sites excluding steroid dienone is 2. The molecule has 73 heavy (non-hydrogen) atoms. The number of anilines is 2. The van der Waals surface area contributed by atoms with Gasteiger partial charge in [-0.2, -0.15) is 5.26 Å². The van der Waals surface area contributed by atoms with E-state index in [1.807, 2.05) is 0 Å². The van der Waals surface area contributed by atoms with Gasteiger partial charge in [-0.25, -0.2) is 0 Å². The highest BCUT2D eigenvalue weighted by molar-refractivity contribution is 6.17. The maximum atomic E-state index is 12.9. The monoisotopic (exact) mass is 930 g/mol. The Balaban J connectivity index is 1.28. The number of hydrogen-bond donors (Lipinski definition) is 0. The van der Waals surface area contributed by atoms with Gasteiger partial charge in [-0.15, -0.1) is 0 Å². The summed E-state index contributed by atoms with van der Waals surface area (Å²) in [6.07, 6.45) is 9.03. The third kappa shape index (κ3) is 5.30. The van der Waals surface area contributed by atoms with Crippen LogP contribution in [0.15, 0.2) is 243 Å². The van der Waals surface area contributed by atoms with E-state index in [2.05, 4.69) is 272 Å². The molecule has 0 spiro atoms. The van der Waals surface area contributed by atoms with E-state index in [1.165, 1.54) is 5.56 Å². The Kier molecular flexibility index (Phi) is 8.26. The van der Waals surface area contributed by atoms with Crippen LogP contribution < -0.4 is 4.90 Å². The first kappa shape index (κ1) is 40.0. The van der Waals surface area contributed by atoms with Crippen LogP contribution in [0, 0.1) is 11.3 Å². The minimum atomic E-state index is -0.141. The first-order chi connectivity index (χ1) is 36.3. The Morgan fingerprint density at radius 2 is 0.589 bits per heavy atom. The van der Waals surface area contributed by atoms with Crippen molar-refractivity contribution in [2.75, 3.05) is 4.90 Å². The lowest BCUT2D eigenvalue weighted by molar-refractivity contribution is 0.742. The molecule has 2 aliphatic rings. The number of hydrogen-bond acceptors (Lipinski definition) is 2. The number of para-hydroxylation sites is 9. The topological polar surface area (TPSA) is 46.8 Å². The number of benzene rings is 10. The fourth-order valence-corrected chi connectivity index (χ4v) is 13.1. The van der Waals surface area contributed by atoms with E-state index in [-0.39, 0.29) is 12.0 Å². The summed E-state index contributed by atoms with van der Waals surface area (Å²) in [7, 11) is 0. The highest BCUT2D eigenvalue weighted by Gasteiger charge is 2.43. The molecule has 340 valence electrons. The molecule has 0 fully saturated rings. The van der Waals surface area contributed by atoms with Crippen LogP contribution >= 0.6 is 0 Å². The number of aromatic nitrogens is 4. The third-order valence-electron chi connectivity index (χ3n) is 15.9. The van der Waals surface area contributed by atoms with Crippen molar-refractivity contribution >= 4 is 98.6 Å². The molecule has 0 N–H and O–H groups in total. The molecule has 2 unspecified atom stereocenters. The van der Waals surface area contributed by atoms with Crippen molar-refractivity contribution in [3.8, 4) is 28.8 Å². The SMILES string of the molecule is N#Cc1c(N2c3ccccc3C3C=CC=CC32)c(-n2c3ccccc3c3ccccc32)c(-n2c3ccccc3c3ccccc32)c(-n2c3ccccc3c3ccccc32)c1-n1c2ccccc2c2ccccc21. The van der Waals surface area contributed by atoms with Crippen molar-refractivity contribution in [1.29, 1.82) is 5.26 Å². The first-order valence-corrected chi connectivity index (χ1v) is 25.1. The van der Waals surface area contributed by atoms with Gasteiger partial charge in [-0.05, 0) is 60.2 Å². The van der Waals surface area contributed by atoms with Crippen LogP contribution in [0.25, 0.3) is 110 Å². The summed E-state index contributed by atoms with van der Waals surface area (Å²) in [5.41, 5.74) is 15.7. The predicted octanol–water partition coefficient (Wildman–Crippen LogP) is 16.7. The van der Waals surface area contributed by atoms with E-state index in [0.29, 0.717) is 5.56 Å². The summed E-state index contributed by atoms with van der Waals surface area (Å²) in [6, 6.07) is 82.0. The van der Waals surface area contributed by atoms with Gasteiger partial charge in [-0.1, -0.05) is 188 Å². The highest BCUT2D eigenvalue weighted by atomic mass is 15.2. The van der Waals surface area contributed by atoms with Crippen molar-refractivity contribution < 1.29 is 0 Å². The first-order valence-electron chi connectivity index (χ1n) is 25.1. The molecule has 6 nitrogen and oxygen atoms in total. The molecule has 16 rings (SSSR count). The lowest BCUT2D eigenvalue weighted by Crippen LogP contribution is -2.31. The summed E-state index contributed by atoms with van der Waals surface area (Å²) in [5, 5.41) is 21.9. The van der Waals surface area contributed by atoms with Gasteiger partial charge in [0.25, 0.3) is 0 Å². The lowest BCUT2D eigenvalue weighted by atomic mass is 9.91. The number of nitrogens with zero attached hydrogens (tertiary/aromatic N) is 6. The van der Waals surface area contributed by atoms with Crippen LogP contribution in [-0.2, 0) is 0 Å². The van der Waals surface area contributed by atoms with Crippen molar-refractivity contribution in [2.24, 2.45) is 0 Å². The van der Waals surface area contributed by atoms with Gasteiger partial charge in [0.2, 0.25) is 0 Å². The van der Waals surface area contributed by atoms with Gasteiger partial charge in [0.05, 0.1) is 78.6 Å². The van der Waals surface area contributed by atoms with E-state index in [4.69, 9.17) is 0 Å². The van der Waals surface area contributed by atoms with Gasteiger partial charge in [-0.3, -0.25) is 0 Å². The predicted molar refractivity (Wildman–Crippen MR) is 302 cm³/mol. The van der Waals surface area contributed by atoms with E-state index < -0.39 is 0 Å². The fourth-order valence-electron chi connectivity index (χ4n) is 13.1. The van der Waals surface area contributed by atoms with Crippen LogP contribution in [0.1, 0.15) is 17.0 Å². The van der Waals surface area contributed by atoms with Gasteiger partial charge in [0.1, 0.15) is 11.6 Å². The van der Waals surface area contributed by atoms with Gasteiger partial charge < -0.3 is 23.2 Å². The molecule has 4 aromatic heterocycles. The number of nitriles is 1. The van der Waals surface area contributed by atoms with E-state index in [0.717, 1.165) is 121 Å². The summed E-state index contributed by atoms with van der Waals surface area (Å²) >= 11 is 0. The van der Waals surface area contributed by atoms with Crippen molar-refractivity contribution in [2.45, 2.75) is 12.0 Å². The zero-order valence-electron chi connectivity index (χ0n) is 39.4. The second kappa shape index (κ2) is 15.1. The zero-order chi connectivity index (χ0) is 47.9. The molecule has 0 saturated heterocycles. The van der Waals surface area contributed by atoms with Crippen LogP contribution in [0.2, 0.25) is 0 Å². The Bertz CT molecular complexity index is 4580. The average molecular weight is 931 g/mol. The Hall–Kier alpha value is -9.83. The number of fused-ring (bicyclic) bond motifs is 15. The van der Waals surface area contributed by atoms with Crippen LogP contribution in [-0.4, -0.2) is 24.3 Å². The normalized spacial score (nSPS) is 15.2. The zero-order valence-corrected chi connectivity index (χ0v) is 39.4. The second-order valence-corrected chi connectivity index (χ2v) is 19.4. The maximum Gasteiger partial charge on any atom is 0.104 e. The smallest absolute Gasteiger partial charge is 0.104 e. The molecule has 1 aliphatic heterocycles. The molecule has 0 amide bonds. The van der Waals surface area contributed by atoms with E-state index in [1.54, 1.807) is 0 Å². The highest BCUT2D eigenvalue weighted by Crippen LogP contribution is 2.56. The van der Waals surface area contributed by atoms with Crippen molar-refractivity contribution in [3.63, 3.8) is 0 Å². The third-order valence-corrected chi connectivity index (χ3v) is 15.9. The minimum Gasteiger partial charge on any atom is -0.330 e. The quantitative estimate of drug-likeness (QED) is 0.173. The molecule has 1 aliphatic carbocycles. The van der Waals surface area contributed by atoms with Crippen molar-refractivity contribution in [3.05, 3.63) is 254 Å². The Morgan fingerprint density at radius 3 is 0.959 bits per heavy atom. The second-order valence-electron chi connectivity index (χ2n) is 19.4. The largest absolute Gasteiger partial charge is 0.330 e. The summed E-state index contributed by atoms with van der Waals surface area (Å²) in [4.78, 5) is 2.52. The van der Waals surface area contributed by atoms with Crippen LogP contribution in [0.5, 0.6) is 0 Å². The fraction of sp³-hybridized carbons (Fsp3) is 0.0299. The molecule has 0 saturated carbocycles. The van der Waals surface area contributed by atoms with Crippen LogP contribution in [0.3, 0.4) is 0 Å². The van der Waals surface area contributed by atoms with Gasteiger partial charge in [0.15, 0.2) is 0 Å². The summed E-state index contributed by atoms with van der Waals surface area (Å²) in [6.45, 7) is 0. The summed E-state index contributed by atoms with van der Waals surface area (Å²) < 4.78 is 9.91. The maximum absolute atomic E-state index is 12.9.